The first kappa shape index (κ1) is 37.8. The molecule has 0 fully saturated rings. The molecule has 0 atom stereocenters. The van der Waals surface area contributed by atoms with Crippen molar-refractivity contribution in [3.05, 3.63) is 36.4 Å². The Balaban J connectivity index is 1.71. The second-order valence-electron chi connectivity index (χ2n) is 13.6. The van der Waals surface area contributed by atoms with Crippen molar-refractivity contribution in [2.75, 3.05) is 0 Å². The van der Waals surface area contributed by atoms with Crippen LogP contribution in [0.15, 0.2) is 36.4 Å². The quantitative estimate of drug-likeness (QED) is 0.0735. The van der Waals surface area contributed by atoms with E-state index in [9.17, 15) is 0 Å². The average Bonchev–Trinajstić information content (AvgIpc) is 3.86. The summed E-state index contributed by atoms with van der Waals surface area (Å²) < 4.78 is 22.7. The molecular weight excluding hydrogens is 818 g/mol. The van der Waals surface area contributed by atoms with E-state index in [0.717, 1.165) is 11.0 Å². The molecule has 0 saturated carbocycles. The van der Waals surface area contributed by atoms with Gasteiger partial charge >= 0.3 is 299 Å². The monoisotopic (exact) mass is 880 g/mol. The molecule has 0 amide bonds. The van der Waals surface area contributed by atoms with Crippen molar-refractivity contribution >= 4 is 88.0 Å². The van der Waals surface area contributed by atoms with Gasteiger partial charge in [0.25, 0.3) is 0 Å². The molecular formula is C38H60N2S3Sn2. The van der Waals surface area contributed by atoms with E-state index >= 15 is 0 Å². The Morgan fingerprint density at radius 1 is 0.444 bits per heavy atom. The van der Waals surface area contributed by atoms with Gasteiger partial charge in [0.1, 0.15) is 0 Å². The van der Waals surface area contributed by atoms with Gasteiger partial charge in [0.05, 0.1) is 0 Å². The van der Waals surface area contributed by atoms with Gasteiger partial charge in [-0.2, -0.15) is 0 Å². The zero-order valence-corrected chi connectivity index (χ0v) is 37.5. The molecule has 1 aromatic carbocycles. The SMILES string of the molecule is CCC[CH2][Sn]([CH2]CCC)([CH2]CCC)[c]1ccc(-c2ccc(-c3cc[c]([Sn]([CH2]CCC)([CH2]CCC)[CH2]CCC)s3)c3nsnc23)s1. The Bertz CT molecular complexity index is 1270. The van der Waals surface area contributed by atoms with Crippen molar-refractivity contribution in [1.82, 2.24) is 8.75 Å². The number of thiophene rings is 2. The zero-order chi connectivity index (χ0) is 32.1. The van der Waals surface area contributed by atoms with Gasteiger partial charge in [0.2, 0.25) is 0 Å². The van der Waals surface area contributed by atoms with Crippen LogP contribution in [-0.2, 0) is 0 Å². The number of nitrogens with zero attached hydrogens (tertiary/aromatic N) is 2. The minimum atomic E-state index is -2.45. The van der Waals surface area contributed by atoms with E-state index < -0.39 is 36.8 Å². The Labute approximate surface area is 296 Å². The second kappa shape index (κ2) is 19.3. The topological polar surface area (TPSA) is 25.8 Å². The summed E-state index contributed by atoms with van der Waals surface area (Å²) in [5.41, 5.74) is 4.85. The Morgan fingerprint density at radius 2 is 0.756 bits per heavy atom. The minimum absolute atomic E-state index is 1.12. The molecule has 4 rings (SSSR count). The van der Waals surface area contributed by atoms with Gasteiger partial charge in [-0.25, -0.2) is 0 Å². The third kappa shape index (κ3) is 9.39. The fraction of sp³-hybridized carbons (Fsp3) is 0.632. The molecule has 0 bridgehead atoms. The first-order chi connectivity index (χ1) is 22.0. The molecule has 0 spiro atoms. The van der Waals surface area contributed by atoms with Crippen LogP contribution in [0.25, 0.3) is 31.9 Å². The van der Waals surface area contributed by atoms with Crippen LogP contribution in [0, 0.1) is 0 Å². The molecule has 0 saturated heterocycles. The van der Waals surface area contributed by atoms with E-state index in [-0.39, 0.29) is 0 Å². The van der Waals surface area contributed by atoms with Gasteiger partial charge in [-0.15, -0.1) is 0 Å². The molecule has 0 aliphatic rings. The summed E-state index contributed by atoms with van der Waals surface area (Å²) in [6.07, 6.45) is 16.4. The van der Waals surface area contributed by atoms with Crippen molar-refractivity contribution < 1.29 is 0 Å². The first-order valence-electron chi connectivity index (χ1n) is 18.5. The number of unbranched alkanes of at least 4 members (excludes halogenated alkanes) is 6. The van der Waals surface area contributed by atoms with Gasteiger partial charge in [0, 0.05) is 0 Å². The summed E-state index contributed by atoms with van der Waals surface area (Å²) in [5, 5.41) is 0. The molecule has 0 N–H and O–H groups in total. The molecule has 3 heterocycles. The third-order valence-electron chi connectivity index (χ3n) is 10.3. The Kier molecular flexibility index (Phi) is 16.2. The van der Waals surface area contributed by atoms with Crippen LogP contribution < -0.4 is 5.79 Å². The van der Waals surface area contributed by atoms with E-state index in [4.69, 9.17) is 8.75 Å². The van der Waals surface area contributed by atoms with Gasteiger partial charge in [-0.05, 0) is 0 Å². The fourth-order valence-electron chi connectivity index (χ4n) is 7.38. The summed E-state index contributed by atoms with van der Waals surface area (Å²) in [6.45, 7) is 14.3. The normalized spacial score (nSPS) is 12.5. The summed E-state index contributed by atoms with van der Waals surface area (Å²) in [5.74, 6) is 0. The van der Waals surface area contributed by atoms with Crippen LogP contribution in [0.1, 0.15) is 119 Å². The van der Waals surface area contributed by atoms with Crippen LogP contribution in [0.4, 0.5) is 0 Å². The molecule has 0 radical (unpaired) electrons. The van der Waals surface area contributed by atoms with E-state index in [1.165, 1.54) is 136 Å². The Hall–Kier alpha value is 0.0374. The van der Waals surface area contributed by atoms with Crippen LogP contribution in [-0.4, -0.2) is 45.5 Å². The molecule has 7 heteroatoms. The molecule has 0 unspecified atom stereocenters. The number of hydrogen-bond donors (Lipinski definition) is 0. The van der Waals surface area contributed by atoms with Crippen molar-refractivity contribution in [3.8, 4) is 20.9 Å². The molecule has 0 aliphatic carbocycles. The van der Waals surface area contributed by atoms with Crippen molar-refractivity contribution in [1.29, 1.82) is 0 Å². The maximum absolute atomic E-state index is 4.95. The van der Waals surface area contributed by atoms with E-state index in [0.29, 0.717) is 0 Å². The second-order valence-corrected chi connectivity index (χ2v) is 44.7. The van der Waals surface area contributed by atoms with Crippen LogP contribution in [0.3, 0.4) is 0 Å². The third-order valence-corrected chi connectivity index (χ3v) is 49.6. The van der Waals surface area contributed by atoms with Crippen molar-refractivity contribution in [2.45, 2.75) is 145 Å². The molecule has 248 valence electrons. The zero-order valence-electron chi connectivity index (χ0n) is 29.3. The van der Waals surface area contributed by atoms with E-state index in [1.54, 1.807) is 0 Å². The standard InChI is InChI=1S/C14H6N2S3.6C4H9.2Sn/c1-3-11(17-7-1)9-5-6-10(12-4-2-8-18-12)14-13(9)15-19-16-14;6*1-3-4-2;;/h1-6H;6*1,3-4H2,2H3;;. The predicted octanol–water partition coefficient (Wildman–Crippen LogP) is 13.3. The van der Waals surface area contributed by atoms with E-state index in [2.05, 4.69) is 101 Å². The molecule has 45 heavy (non-hydrogen) atoms. The maximum atomic E-state index is 4.95. The van der Waals surface area contributed by atoms with Crippen LogP contribution in [0.2, 0.25) is 26.6 Å². The summed E-state index contributed by atoms with van der Waals surface area (Å²) >= 11 is 0.761. The molecule has 0 aliphatic heterocycles. The van der Waals surface area contributed by atoms with Gasteiger partial charge in [0.15, 0.2) is 0 Å². The van der Waals surface area contributed by atoms with E-state index in [1.807, 2.05) is 5.79 Å². The van der Waals surface area contributed by atoms with Gasteiger partial charge in [-0.3, -0.25) is 0 Å². The van der Waals surface area contributed by atoms with Gasteiger partial charge in [-0.1, -0.05) is 0 Å². The molecule has 3 aromatic heterocycles. The fourth-order valence-corrected chi connectivity index (χ4v) is 48.3. The number of aromatic nitrogens is 2. The van der Waals surface area contributed by atoms with Gasteiger partial charge < -0.3 is 0 Å². The number of hydrogen-bond acceptors (Lipinski definition) is 5. The molecule has 2 nitrogen and oxygen atoms in total. The van der Waals surface area contributed by atoms with Crippen LogP contribution >= 0.6 is 34.4 Å². The first-order valence-corrected chi connectivity index (χ1v) is 35.8. The van der Waals surface area contributed by atoms with Crippen molar-refractivity contribution in [2.24, 2.45) is 0 Å². The molecule has 4 aromatic rings. The predicted molar refractivity (Wildman–Crippen MR) is 213 cm³/mol. The number of fused-ring (bicyclic) bond motifs is 1. The summed E-state index contributed by atoms with van der Waals surface area (Å²) in [6, 6.07) is 14.8. The summed E-state index contributed by atoms with van der Waals surface area (Å²) in [7, 11) is 0. The van der Waals surface area contributed by atoms with Crippen molar-refractivity contribution in [3.63, 3.8) is 0 Å². The number of benzene rings is 1. The number of rotatable bonds is 22. The average molecular weight is 879 g/mol. The Morgan fingerprint density at radius 3 is 1.04 bits per heavy atom. The van der Waals surface area contributed by atoms with Crippen LogP contribution in [0.5, 0.6) is 0 Å². The summed E-state index contributed by atoms with van der Waals surface area (Å²) in [4.78, 5) is 2.83.